The lowest BCUT2D eigenvalue weighted by molar-refractivity contribution is 0.424. The highest BCUT2D eigenvalue weighted by Gasteiger charge is 2.22. The number of benzene rings is 1. The lowest BCUT2D eigenvalue weighted by Gasteiger charge is -2.07. The molecule has 0 saturated carbocycles. The van der Waals surface area contributed by atoms with Crippen LogP contribution in [0.5, 0.6) is 0 Å². The Kier molecular flexibility index (Phi) is 2.93. The van der Waals surface area contributed by atoms with Crippen LogP contribution in [0.15, 0.2) is 6.58 Å². The fourth-order valence-electron chi connectivity index (χ4n) is 1.19. The normalized spacial score (nSPS) is 10.4. The largest absolute Gasteiger partial charge is 0.206 e. The van der Waals surface area contributed by atoms with Gasteiger partial charge < -0.3 is 0 Å². The van der Waals surface area contributed by atoms with E-state index in [9.17, 15) is 17.6 Å². The first-order valence-corrected chi connectivity index (χ1v) is 4.01. The van der Waals surface area contributed by atoms with Gasteiger partial charge in [-0.1, -0.05) is 19.6 Å². The van der Waals surface area contributed by atoms with Crippen molar-refractivity contribution in [2.24, 2.45) is 0 Å². The molecule has 0 radical (unpaired) electrons. The Hall–Kier alpha value is -1.32. The SMILES string of the molecule is C=Cc1c(F)c(F)c(F)c(CC)c1F. The maximum atomic E-state index is 13.3. The Morgan fingerprint density at radius 3 is 2.00 bits per heavy atom. The molecule has 0 N–H and O–H groups in total. The predicted molar refractivity (Wildman–Crippen MR) is 45.7 cm³/mol. The van der Waals surface area contributed by atoms with Crippen LogP contribution in [0, 0.1) is 23.3 Å². The lowest BCUT2D eigenvalue weighted by Crippen LogP contribution is -2.05. The Morgan fingerprint density at radius 2 is 1.57 bits per heavy atom. The molecule has 0 bridgehead atoms. The second kappa shape index (κ2) is 3.82. The van der Waals surface area contributed by atoms with Gasteiger partial charge in [-0.05, 0) is 6.42 Å². The minimum absolute atomic E-state index is 0.0459. The van der Waals surface area contributed by atoms with Crippen LogP contribution in [-0.2, 0) is 6.42 Å². The van der Waals surface area contributed by atoms with Gasteiger partial charge in [-0.15, -0.1) is 0 Å². The first-order valence-electron chi connectivity index (χ1n) is 4.01. The highest BCUT2D eigenvalue weighted by molar-refractivity contribution is 5.51. The lowest BCUT2D eigenvalue weighted by atomic mass is 10.1. The van der Waals surface area contributed by atoms with E-state index >= 15 is 0 Å². The Morgan fingerprint density at radius 1 is 1.00 bits per heavy atom. The van der Waals surface area contributed by atoms with E-state index in [1.54, 1.807) is 0 Å². The third kappa shape index (κ3) is 1.41. The highest BCUT2D eigenvalue weighted by Crippen LogP contribution is 2.25. The minimum Gasteiger partial charge on any atom is -0.206 e. The quantitative estimate of drug-likeness (QED) is 0.393. The molecule has 0 heterocycles. The van der Waals surface area contributed by atoms with E-state index in [1.807, 2.05) is 0 Å². The average Bonchev–Trinajstić information content (AvgIpc) is 2.16. The van der Waals surface area contributed by atoms with E-state index in [-0.39, 0.29) is 6.42 Å². The summed E-state index contributed by atoms with van der Waals surface area (Å²) in [6.07, 6.45) is 0.780. The molecule has 0 nitrogen and oxygen atoms in total. The Labute approximate surface area is 78.9 Å². The molecule has 1 aromatic carbocycles. The van der Waals surface area contributed by atoms with E-state index in [0.29, 0.717) is 0 Å². The van der Waals surface area contributed by atoms with Gasteiger partial charge in [-0.3, -0.25) is 0 Å². The molecule has 14 heavy (non-hydrogen) atoms. The zero-order valence-corrected chi connectivity index (χ0v) is 7.50. The Bertz CT molecular complexity index is 382. The van der Waals surface area contributed by atoms with E-state index in [0.717, 1.165) is 6.08 Å². The van der Waals surface area contributed by atoms with Crippen molar-refractivity contribution in [2.45, 2.75) is 13.3 Å². The van der Waals surface area contributed by atoms with Gasteiger partial charge in [0.15, 0.2) is 17.5 Å². The molecule has 1 rings (SSSR count). The molecule has 1 aromatic rings. The summed E-state index contributed by atoms with van der Waals surface area (Å²) in [5.41, 5.74) is -1.08. The molecule has 4 heteroatoms. The van der Waals surface area contributed by atoms with Gasteiger partial charge in [0.2, 0.25) is 0 Å². The molecule has 0 spiro atoms. The summed E-state index contributed by atoms with van der Waals surface area (Å²) in [7, 11) is 0. The number of hydrogen-bond acceptors (Lipinski definition) is 0. The smallest absolute Gasteiger partial charge is 0.195 e. The van der Waals surface area contributed by atoms with E-state index < -0.39 is 34.4 Å². The number of hydrogen-bond donors (Lipinski definition) is 0. The molecule has 0 aliphatic rings. The van der Waals surface area contributed by atoms with Crippen molar-refractivity contribution in [2.75, 3.05) is 0 Å². The van der Waals surface area contributed by atoms with Crippen LogP contribution in [-0.4, -0.2) is 0 Å². The number of rotatable bonds is 2. The first kappa shape index (κ1) is 10.8. The maximum Gasteiger partial charge on any atom is 0.195 e. The van der Waals surface area contributed by atoms with Crippen molar-refractivity contribution < 1.29 is 17.6 Å². The minimum atomic E-state index is -1.65. The van der Waals surface area contributed by atoms with Gasteiger partial charge in [0, 0.05) is 11.1 Å². The third-order valence-corrected chi connectivity index (χ3v) is 1.95. The summed E-state index contributed by atoms with van der Waals surface area (Å²) >= 11 is 0. The molecule has 0 aliphatic heterocycles. The maximum absolute atomic E-state index is 13.3. The van der Waals surface area contributed by atoms with Crippen molar-refractivity contribution >= 4 is 6.08 Å². The summed E-state index contributed by atoms with van der Waals surface area (Å²) in [4.78, 5) is 0. The standard InChI is InChI=1S/C10H8F4/c1-3-5-7(11)6(4-2)9(13)10(14)8(5)12/h3H,1,4H2,2H3. The zero-order chi connectivity index (χ0) is 10.9. The van der Waals surface area contributed by atoms with Gasteiger partial charge >= 0.3 is 0 Å². The Balaban J connectivity index is 3.64. The summed E-state index contributed by atoms with van der Waals surface area (Å²) in [5, 5.41) is 0. The summed E-state index contributed by atoms with van der Waals surface area (Å²) in [6, 6.07) is 0. The van der Waals surface area contributed by atoms with Crippen LogP contribution in [0.2, 0.25) is 0 Å². The number of halogens is 4. The molecular formula is C10H8F4. The van der Waals surface area contributed by atoms with Crippen molar-refractivity contribution in [3.8, 4) is 0 Å². The molecule has 0 aliphatic carbocycles. The summed E-state index contributed by atoms with van der Waals surface area (Å²) < 4.78 is 52.0. The molecule has 0 amide bonds. The summed E-state index contributed by atoms with van der Waals surface area (Å²) in [6.45, 7) is 4.58. The van der Waals surface area contributed by atoms with Crippen molar-refractivity contribution in [3.05, 3.63) is 41.0 Å². The second-order valence-corrected chi connectivity index (χ2v) is 2.71. The van der Waals surface area contributed by atoms with Gasteiger partial charge in [-0.25, -0.2) is 17.6 Å². The predicted octanol–water partition coefficient (Wildman–Crippen LogP) is 3.45. The zero-order valence-electron chi connectivity index (χ0n) is 7.50. The second-order valence-electron chi connectivity index (χ2n) is 2.71. The summed E-state index contributed by atoms with van der Waals surface area (Å²) in [5.74, 6) is -5.74. The van der Waals surface area contributed by atoms with Crippen molar-refractivity contribution in [1.82, 2.24) is 0 Å². The molecule has 0 saturated heterocycles. The van der Waals surface area contributed by atoms with Crippen molar-refractivity contribution in [1.29, 1.82) is 0 Å². The van der Waals surface area contributed by atoms with Crippen LogP contribution in [0.1, 0.15) is 18.1 Å². The van der Waals surface area contributed by atoms with Crippen LogP contribution in [0.3, 0.4) is 0 Å². The molecular weight excluding hydrogens is 196 g/mol. The van der Waals surface area contributed by atoms with E-state index in [2.05, 4.69) is 6.58 Å². The van der Waals surface area contributed by atoms with Crippen LogP contribution < -0.4 is 0 Å². The van der Waals surface area contributed by atoms with Gasteiger partial charge in [-0.2, -0.15) is 0 Å². The molecule has 0 unspecified atom stereocenters. The molecule has 0 fully saturated rings. The molecule has 0 atom stereocenters. The van der Waals surface area contributed by atoms with Crippen LogP contribution in [0.4, 0.5) is 17.6 Å². The van der Waals surface area contributed by atoms with Crippen molar-refractivity contribution in [3.63, 3.8) is 0 Å². The van der Waals surface area contributed by atoms with E-state index in [1.165, 1.54) is 6.92 Å². The fourth-order valence-corrected chi connectivity index (χ4v) is 1.19. The first-order chi connectivity index (χ1) is 6.54. The van der Waals surface area contributed by atoms with Gasteiger partial charge in [0.1, 0.15) is 5.82 Å². The highest BCUT2D eigenvalue weighted by atomic mass is 19.2. The molecule has 76 valence electrons. The monoisotopic (exact) mass is 204 g/mol. The molecule has 0 aromatic heterocycles. The van der Waals surface area contributed by atoms with E-state index in [4.69, 9.17) is 0 Å². The topological polar surface area (TPSA) is 0 Å². The third-order valence-electron chi connectivity index (χ3n) is 1.95. The van der Waals surface area contributed by atoms with Crippen LogP contribution in [0.25, 0.3) is 6.08 Å². The average molecular weight is 204 g/mol. The fraction of sp³-hybridized carbons (Fsp3) is 0.200. The van der Waals surface area contributed by atoms with Crippen LogP contribution >= 0.6 is 0 Å². The van der Waals surface area contributed by atoms with Gasteiger partial charge in [0.25, 0.3) is 0 Å². The van der Waals surface area contributed by atoms with Gasteiger partial charge in [0.05, 0.1) is 0 Å².